The van der Waals surface area contributed by atoms with E-state index in [1.165, 1.54) is 48.5 Å². The number of rotatable bonds is 5. The highest BCUT2D eigenvalue weighted by atomic mass is 19.4. The normalized spacial score (nSPS) is 12.1. The quantitative estimate of drug-likeness (QED) is 0.383. The fraction of sp³-hybridized carbons (Fsp3) is 0.0800. The predicted molar refractivity (Wildman–Crippen MR) is 118 cm³/mol. The van der Waals surface area contributed by atoms with Crippen LogP contribution in [0, 0.1) is 17.1 Å². The Balaban J connectivity index is 1.66. The SMILES string of the molecule is N#Cc1ccc(C(O)c2ccc(F)c(NC(=O)c3cc(C(F)(F)F)nn3-c3ccccc3)c2)cc1. The van der Waals surface area contributed by atoms with E-state index in [1.807, 2.05) is 6.07 Å². The molecule has 6 nitrogen and oxygen atoms in total. The monoisotopic (exact) mass is 480 g/mol. The molecule has 0 saturated heterocycles. The summed E-state index contributed by atoms with van der Waals surface area (Å²) in [5.41, 5.74) is -0.837. The molecule has 1 unspecified atom stereocenters. The largest absolute Gasteiger partial charge is 0.435 e. The molecule has 0 spiro atoms. The number of carbonyl (C=O) groups is 1. The minimum absolute atomic E-state index is 0.207. The summed E-state index contributed by atoms with van der Waals surface area (Å²) in [7, 11) is 0. The van der Waals surface area contributed by atoms with Crippen LogP contribution >= 0.6 is 0 Å². The van der Waals surface area contributed by atoms with Crippen LogP contribution in [0.5, 0.6) is 0 Å². The molecule has 2 N–H and O–H groups in total. The number of aliphatic hydroxyl groups excluding tert-OH is 1. The third-order valence-electron chi connectivity index (χ3n) is 5.14. The number of aromatic nitrogens is 2. The first-order chi connectivity index (χ1) is 16.7. The predicted octanol–water partition coefficient (Wildman–Crippen LogP) is 5.24. The highest BCUT2D eigenvalue weighted by Gasteiger charge is 2.36. The van der Waals surface area contributed by atoms with Gasteiger partial charge in [0.25, 0.3) is 5.91 Å². The number of alkyl halides is 3. The lowest BCUT2D eigenvalue weighted by molar-refractivity contribution is -0.141. The van der Waals surface area contributed by atoms with Gasteiger partial charge in [0, 0.05) is 6.07 Å². The topological polar surface area (TPSA) is 90.9 Å². The molecule has 176 valence electrons. The van der Waals surface area contributed by atoms with E-state index in [0.717, 1.165) is 10.7 Å². The van der Waals surface area contributed by atoms with Crippen LogP contribution in [0.15, 0.2) is 78.9 Å². The van der Waals surface area contributed by atoms with Crippen molar-refractivity contribution in [2.24, 2.45) is 0 Å². The van der Waals surface area contributed by atoms with Crippen molar-refractivity contribution >= 4 is 11.6 Å². The van der Waals surface area contributed by atoms with Crippen LogP contribution in [0.25, 0.3) is 5.69 Å². The molecule has 0 radical (unpaired) electrons. The van der Waals surface area contributed by atoms with Crippen LogP contribution in [0.2, 0.25) is 0 Å². The molecular weight excluding hydrogens is 464 g/mol. The second-order valence-electron chi connectivity index (χ2n) is 7.49. The fourth-order valence-corrected chi connectivity index (χ4v) is 3.37. The van der Waals surface area contributed by atoms with Gasteiger partial charge < -0.3 is 10.4 Å². The smallest absolute Gasteiger partial charge is 0.384 e. The zero-order chi connectivity index (χ0) is 25.2. The maximum absolute atomic E-state index is 14.5. The first-order valence-corrected chi connectivity index (χ1v) is 10.2. The summed E-state index contributed by atoms with van der Waals surface area (Å²) in [5, 5.41) is 25.3. The Morgan fingerprint density at radius 3 is 2.29 bits per heavy atom. The number of amides is 1. The molecule has 3 aromatic carbocycles. The molecule has 1 aromatic heterocycles. The molecule has 0 aliphatic rings. The first-order valence-electron chi connectivity index (χ1n) is 10.2. The van der Waals surface area contributed by atoms with E-state index < -0.39 is 35.4 Å². The van der Waals surface area contributed by atoms with Gasteiger partial charge in [0.15, 0.2) is 5.69 Å². The molecule has 0 bridgehead atoms. The molecule has 0 aliphatic carbocycles. The van der Waals surface area contributed by atoms with Gasteiger partial charge in [0.2, 0.25) is 0 Å². The van der Waals surface area contributed by atoms with Crippen molar-refractivity contribution < 1.29 is 27.5 Å². The van der Waals surface area contributed by atoms with Gasteiger partial charge in [0.1, 0.15) is 17.6 Å². The Morgan fingerprint density at radius 1 is 1.00 bits per heavy atom. The van der Waals surface area contributed by atoms with Gasteiger partial charge in [0.05, 0.1) is 23.0 Å². The van der Waals surface area contributed by atoms with Crippen LogP contribution in [-0.4, -0.2) is 20.8 Å². The van der Waals surface area contributed by atoms with Crippen LogP contribution < -0.4 is 5.32 Å². The zero-order valence-corrected chi connectivity index (χ0v) is 17.8. The Kier molecular flexibility index (Phi) is 6.36. The summed E-state index contributed by atoms with van der Waals surface area (Å²) in [6.45, 7) is 0. The van der Waals surface area contributed by atoms with Gasteiger partial charge in [-0.05, 0) is 47.5 Å². The van der Waals surface area contributed by atoms with Crippen LogP contribution in [0.1, 0.15) is 39.0 Å². The van der Waals surface area contributed by atoms with Crippen molar-refractivity contribution in [2.45, 2.75) is 12.3 Å². The number of nitrogens with one attached hydrogen (secondary N) is 1. The van der Waals surface area contributed by atoms with Crippen LogP contribution in [0.4, 0.5) is 23.2 Å². The summed E-state index contributed by atoms with van der Waals surface area (Å²) >= 11 is 0. The maximum Gasteiger partial charge on any atom is 0.435 e. The molecule has 1 atom stereocenters. The average molecular weight is 480 g/mol. The highest BCUT2D eigenvalue weighted by molar-refractivity contribution is 6.03. The van der Waals surface area contributed by atoms with E-state index in [9.17, 15) is 27.5 Å². The molecule has 0 saturated carbocycles. The lowest BCUT2D eigenvalue weighted by Gasteiger charge is -2.14. The number of hydrogen-bond acceptors (Lipinski definition) is 4. The van der Waals surface area contributed by atoms with Crippen molar-refractivity contribution in [1.29, 1.82) is 5.26 Å². The summed E-state index contributed by atoms with van der Waals surface area (Å²) in [4.78, 5) is 12.9. The third-order valence-corrected chi connectivity index (χ3v) is 5.14. The lowest BCUT2D eigenvalue weighted by atomic mass is 10.00. The molecule has 0 aliphatic heterocycles. The molecular formula is C25H16F4N4O2. The van der Waals surface area contributed by atoms with Crippen molar-refractivity contribution in [3.8, 4) is 11.8 Å². The van der Waals surface area contributed by atoms with Gasteiger partial charge in [-0.15, -0.1) is 0 Å². The van der Waals surface area contributed by atoms with Crippen molar-refractivity contribution in [2.75, 3.05) is 5.32 Å². The van der Waals surface area contributed by atoms with E-state index >= 15 is 0 Å². The Morgan fingerprint density at radius 2 is 1.66 bits per heavy atom. The first kappa shape index (κ1) is 23.7. The van der Waals surface area contributed by atoms with E-state index in [1.54, 1.807) is 18.2 Å². The van der Waals surface area contributed by atoms with Gasteiger partial charge in [-0.25, -0.2) is 9.07 Å². The van der Waals surface area contributed by atoms with Gasteiger partial charge >= 0.3 is 6.18 Å². The Hall–Kier alpha value is -4.49. The Bertz CT molecular complexity index is 1410. The van der Waals surface area contributed by atoms with E-state index in [4.69, 9.17) is 5.26 Å². The summed E-state index contributed by atoms with van der Waals surface area (Å²) in [6, 6.07) is 19.9. The van der Waals surface area contributed by atoms with Gasteiger partial charge in [-0.3, -0.25) is 4.79 Å². The average Bonchev–Trinajstić information content (AvgIpc) is 3.32. The highest BCUT2D eigenvalue weighted by Crippen LogP contribution is 2.31. The number of halogens is 4. The number of para-hydroxylation sites is 1. The number of hydrogen-bond donors (Lipinski definition) is 2. The zero-order valence-electron chi connectivity index (χ0n) is 17.8. The van der Waals surface area contributed by atoms with Crippen molar-refractivity contribution in [3.05, 3.63) is 113 Å². The van der Waals surface area contributed by atoms with Crippen LogP contribution in [-0.2, 0) is 6.18 Å². The molecule has 10 heteroatoms. The molecule has 35 heavy (non-hydrogen) atoms. The van der Waals surface area contributed by atoms with E-state index in [2.05, 4.69) is 10.4 Å². The summed E-state index contributed by atoms with van der Waals surface area (Å²) < 4.78 is 55.2. The molecule has 0 fully saturated rings. The maximum atomic E-state index is 14.5. The van der Waals surface area contributed by atoms with Gasteiger partial charge in [-0.2, -0.15) is 23.5 Å². The molecule has 4 rings (SSSR count). The van der Waals surface area contributed by atoms with Crippen molar-refractivity contribution in [3.63, 3.8) is 0 Å². The fourth-order valence-electron chi connectivity index (χ4n) is 3.37. The van der Waals surface area contributed by atoms with E-state index in [-0.39, 0.29) is 16.9 Å². The lowest BCUT2D eigenvalue weighted by Crippen LogP contribution is -2.18. The summed E-state index contributed by atoms with van der Waals surface area (Å²) in [6.07, 6.45) is -6.00. The standard InChI is InChI=1S/C25H16F4N4O2/c26-19-11-10-17(23(34)16-8-6-15(14-30)7-9-16)12-20(19)31-24(35)21-13-22(25(27,28)29)32-33(21)18-4-2-1-3-5-18/h1-13,23,34H,(H,31,35). The van der Waals surface area contributed by atoms with E-state index in [0.29, 0.717) is 17.2 Å². The number of nitriles is 1. The number of benzene rings is 3. The van der Waals surface area contributed by atoms with Crippen LogP contribution in [0.3, 0.4) is 0 Å². The number of aliphatic hydroxyl groups is 1. The minimum Gasteiger partial charge on any atom is -0.384 e. The minimum atomic E-state index is -4.80. The van der Waals surface area contributed by atoms with Crippen molar-refractivity contribution in [1.82, 2.24) is 9.78 Å². The molecule has 1 amide bonds. The number of anilines is 1. The third kappa shape index (κ3) is 5.05. The summed E-state index contributed by atoms with van der Waals surface area (Å²) in [5.74, 6) is -1.88. The molecule has 4 aromatic rings. The Labute approximate surface area is 196 Å². The van der Waals surface area contributed by atoms with Gasteiger partial charge in [-0.1, -0.05) is 36.4 Å². The number of carbonyl (C=O) groups excluding carboxylic acids is 1. The second kappa shape index (κ2) is 9.40. The second-order valence-corrected chi connectivity index (χ2v) is 7.49. The molecule has 1 heterocycles. The number of nitrogens with zero attached hydrogens (tertiary/aromatic N) is 3.